The van der Waals surface area contributed by atoms with E-state index in [9.17, 15) is 22.4 Å². The van der Waals surface area contributed by atoms with Crippen LogP contribution in [-0.4, -0.2) is 27.4 Å². The van der Waals surface area contributed by atoms with Crippen LogP contribution < -0.4 is 10.3 Å². The fourth-order valence-corrected chi connectivity index (χ4v) is 2.73. The normalized spacial score (nSPS) is 10.9. The van der Waals surface area contributed by atoms with E-state index < -0.39 is 32.6 Å². The van der Waals surface area contributed by atoms with Gasteiger partial charge in [0.15, 0.2) is 0 Å². The molecular weight excluding hydrogens is 339 g/mol. The second-order valence-corrected chi connectivity index (χ2v) is 6.21. The van der Waals surface area contributed by atoms with Gasteiger partial charge in [0, 0.05) is 5.56 Å². The summed E-state index contributed by atoms with van der Waals surface area (Å²) in [6, 6.07) is 10.6. The summed E-state index contributed by atoms with van der Waals surface area (Å²) in [6.07, 6.45) is 0. The maximum atomic E-state index is 13.8. The third kappa shape index (κ3) is 3.94. The van der Waals surface area contributed by atoms with Crippen molar-refractivity contribution in [3.63, 3.8) is 0 Å². The number of carbonyl (C=O) groups is 2. The van der Waals surface area contributed by atoms with Crippen molar-refractivity contribution >= 4 is 21.9 Å². The zero-order valence-corrected chi connectivity index (χ0v) is 13.3. The highest BCUT2D eigenvalue weighted by Gasteiger charge is 2.22. The Kier molecular flexibility index (Phi) is 5.27. The average Bonchev–Trinajstić information content (AvgIpc) is 2.60. The van der Waals surface area contributed by atoms with E-state index in [1.807, 2.05) is 5.43 Å². The number of ether oxygens (including phenoxy) is 1. The van der Waals surface area contributed by atoms with E-state index >= 15 is 0 Å². The Morgan fingerprint density at radius 3 is 2.33 bits per heavy atom. The number of hydrogen-bond donors (Lipinski definition) is 2. The van der Waals surface area contributed by atoms with Gasteiger partial charge in [-0.2, -0.15) is 0 Å². The fourth-order valence-electron chi connectivity index (χ4n) is 1.78. The summed E-state index contributed by atoms with van der Waals surface area (Å²) in [4.78, 5) is 24.2. The van der Waals surface area contributed by atoms with Gasteiger partial charge in [-0.05, 0) is 30.3 Å². The maximum absolute atomic E-state index is 13.8. The molecule has 0 atom stereocenters. The Bertz CT molecular complexity index is 869. The molecule has 2 N–H and O–H groups in total. The van der Waals surface area contributed by atoms with Crippen molar-refractivity contribution < 1.29 is 27.1 Å². The Morgan fingerprint density at radius 1 is 1.04 bits per heavy atom. The summed E-state index contributed by atoms with van der Waals surface area (Å²) in [5, 5.41) is 0. The van der Waals surface area contributed by atoms with Gasteiger partial charge < -0.3 is 4.74 Å². The lowest BCUT2D eigenvalue weighted by Crippen LogP contribution is -2.41. The van der Waals surface area contributed by atoms with Crippen molar-refractivity contribution in [1.29, 1.82) is 0 Å². The molecule has 126 valence electrons. The molecular formula is C15H13FN2O5S. The molecule has 9 heteroatoms. The Morgan fingerprint density at radius 2 is 1.71 bits per heavy atom. The number of amides is 1. The quantitative estimate of drug-likeness (QED) is 0.623. The van der Waals surface area contributed by atoms with Crippen LogP contribution in [0.4, 0.5) is 4.39 Å². The van der Waals surface area contributed by atoms with E-state index in [0.717, 1.165) is 25.3 Å². The highest BCUT2D eigenvalue weighted by atomic mass is 32.2. The lowest BCUT2D eigenvalue weighted by atomic mass is 10.2. The number of halogens is 1. The maximum Gasteiger partial charge on any atom is 0.337 e. The van der Waals surface area contributed by atoms with Crippen molar-refractivity contribution in [3.8, 4) is 0 Å². The molecule has 0 spiro atoms. The second-order valence-electron chi connectivity index (χ2n) is 4.56. The smallest absolute Gasteiger partial charge is 0.337 e. The minimum absolute atomic E-state index is 0.145. The van der Waals surface area contributed by atoms with Gasteiger partial charge in [-0.15, -0.1) is 4.83 Å². The van der Waals surface area contributed by atoms with Gasteiger partial charge in [0.25, 0.3) is 15.9 Å². The predicted octanol–water partition coefficient (Wildman–Crippen LogP) is 1.24. The van der Waals surface area contributed by atoms with Crippen LogP contribution in [0, 0.1) is 5.82 Å². The molecule has 2 aromatic rings. The Balaban J connectivity index is 2.21. The van der Waals surface area contributed by atoms with E-state index in [1.54, 1.807) is 23.0 Å². The summed E-state index contributed by atoms with van der Waals surface area (Å²) in [7, 11) is -3.31. The van der Waals surface area contributed by atoms with Gasteiger partial charge in [0.2, 0.25) is 0 Å². The molecule has 7 nitrogen and oxygen atoms in total. The van der Waals surface area contributed by atoms with Crippen LogP contribution in [0.5, 0.6) is 0 Å². The molecule has 0 aliphatic rings. The van der Waals surface area contributed by atoms with Gasteiger partial charge in [-0.25, -0.2) is 17.6 Å². The number of hydrazine groups is 1. The number of rotatable bonds is 5. The third-order valence-corrected chi connectivity index (χ3v) is 4.24. The van der Waals surface area contributed by atoms with Gasteiger partial charge in [0.05, 0.1) is 12.7 Å². The summed E-state index contributed by atoms with van der Waals surface area (Å²) in [5.41, 5.74) is 2.04. The largest absolute Gasteiger partial charge is 0.465 e. The number of carbonyl (C=O) groups excluding carboxylic acids is 2. The minimum atomic E-state index is -4.42. The molecule has 0 saturated carbocycles. The molecule has 0 saturated heterocycles. The number of esters is 1. The Labute approximate surface area is 137 Å². The molecule has 24 heavy (non-hydrogen) atoms. The van der Waals surface area contributed by atoms with E-state index in [1.165, 1.54) is 12.1 Å². The number of nitrogens with one attached hydrogen (secondary N) is 2. The number of benzene rings is 2. The second kappa shape index (κ2) is 7.20. The van der Waals surface area contributed by atoms with Crippen LogP contribution in [0.1, 0.15) is 20.7 Å². The first-order chi connectivity index (χ1) is 11.3. The van der Waals surface area contributed by atoms with E-state index in [4.69, 9.17) is 0 Å². The topological polar surface area (TPSA) is 102 Å². The third-order valence-electron chi connectivity index (χ3n) is 2.98. The van der Waals surface area contributed by atoms with Crippen molar-refractivity contribution in [2.45, 2.75) is 4.90 Å². The summed E-state index contributed by atoms with van der Waals surface area (Å²) in [5.74, 6) is -2.62. The molecule has 0 aliphatic carbocycles. The van der Waals surface area contributed by atoms with Crippen LogP contribution in [0.3, 0.4) is 0 Å². The lowest BCUT2D eigenvalue weighted by molar-refractivity contribution is 0.0600. The molecule has 0 heterocycles. The number of sulfonamides is 1. The van der Waals surface area contributed by atoms with Crippen molar-refractivity contribution in [3.05, 3.63) is 65.5 Å². The highest BCUT2D eigenvalue weighted by molar-refractivity contribution is 7.89. The molecule has 0 aromatic heterocycles. The molecule has 2 rings (SSSR count). The first kappa shape index (κ1) is 17.6. The summed E-state index contributed by atoms with van der Waals surface area (Å²) in [6.45, 7) is 0. The van der Waals surface area contributed by atoms with Crippen molar-refractivity contribution in [2.24, 2.45) is 0 Å². The summed E-state index contributed by atoms with van der Waals surface area (Å²) >= 11 is 0. The van der Waals surface area contributed by atoms with E-state index in [0.29, 0.717) is 0 Å². The highest BCUT2D eigenvalue weighted by Crippen LogP contribution is 2.16. The zero-order chi connectivity index (χ0) is 17.7. The lowest BCUT2D eigenvalue weighted by Gasteiger charge is -2.10. The van der Waals surface area contributed by atoms with E-state index in [-0.39, 0.29) is 11.1 Å². The van der Waals surface area contributed by atoms with Gasteiger partial charge in [0.1, 0.15) is 10.7 Å². The SMILES string of the molecule is COC(=O)c1ccc(F)c(S(=O)(=O)NNC(=O)c2ccccc2)c1. The van der Waals surface area contributed by atoms with Crippen LogP contribution in [0.2, 0.25) is 0 Å². The molecule has 0 fully saturated rings. The summed E-state index contributed by atoms with van der Waals surface area (Å²) < 4.78 is 42.5. The van der Waals surface area contributed by atoms with Gasteiger partial charge in [-0.1, -0.05) is 18.2 Å². The van der Waals surface area contributed by atoms with Crippen LogP contribution >= 0.6 is 0 Å². The molecule has 0 bridgehead atoms. The first-order valence-electron chi connectivity index (χ1n) is 6.60. The van der Waals surface area contributed by atoms with Crippen molar-refractivity contribution in [2.75, 3.05) is 7.11 Å². The first-order valence-corrected chi connectivity index (χ1v) is 8.08. The van der Waals surface area contributed by atoms with Gasteiger partial charge >= 0.3 is 5.97 Å². The minimum Gasteiger partial charge on any atom is -0.465 e. The molecule has 1 amide bonds. The van der Waals surface area contributed by atoms with E-state index in [2.05, 4.69) is 4.74 Å². The Hall–Kier alpha value is -2.78. The molecule has 0 radical (unpaired) electrons. The zero-order valence-electron chi connectivity index (χ0n) is 12.4. The van der Waals surface area contributed by atoms with Crippen LogP contribution in [0.15, 0.2) is 53.4 Å². The predicted molar refractivity (Wildman–Crippen MR) is 82.0 cm³/mol. The standard InChI is InChI=1S/C15H13FN2O5S/c1-23-15(20)11-7-8-12(16)13(9-11)24(21,22)18-17-14(19)10-5-3-2-4-6-10/h2-9,18H,1H3,(H,17,19). The van der Waals surface area contributed by atoms with Crippen LogP contribution in [0.25, 0.3) is 0 Å². The number of methoxy groups -OCH3 is 1. The van der Waals surface area contributed by atoms with Gasteiger partial charge in [-0.3, -0.25) is 10.2 Å². The molecule has 0 aliphatic heterocycles. The monoisotopic (exact) mass is 352 g/mol. The molecule has 2 aromatic carbocycles. The van der Waals surface area contributed by atoms with Crippen LogP contribution in [-0.2, 0) is 14.8 Å². The molecule has 0 unspecified atom stereocenters. The average molecular weight is 352 g/mol. The van der Waals surface area contributed by atoms with Crippen molar-refractivity contribution in [1.82, 2.24) is 10.3 Å². The number of hydrogen-bond acceptors (Lipinski definition) is 5. The fraction of sp³-hybridized carbons (Fsp3) is 0.0667.